The first-order chi connectivity index (χ1) is 23.6. The van der Waals surface area contributed by atoms with Gasteiger partial charge < -0.3 is 5.11 Å². The van der Waals surface area contributed by atoms with Crippen LogP contribution in [0.4, 0.5) is 0 Å². The summed E-state index contributed by atoms with van der Waals surface area (Å²) in [6, 6.07) is 36.7. The molecule has 2 aliphatic carbocycles. The second-order valence-corrected chi connectivity index (χ2v) is 14.6. The molecule has 0 unspecified atom stereocenters. The van der Waals surface area contributed by atoms with Crippen LogP contribution in [0.3, 0.4) is 0 Å². The summed E-state index contributed by atoms with van der Waals surface area (Å²) in [6.45, 7) is 6.78. The summed E-state index contributed by atoms with van der Waals surface area (Å²) in [7, 11) is 0. The summed E-state index contributed by atoms with van der Waals surface area (Å²) in [6.07, 6.45) is 10.9. The minimum Gasteiger partial charge on any atom is -0.481 e. The van der Waals surface area contributed by atoms with E-state index >= 15 is 0 Å². The largest absolute Gasteiger partial charge is 0.481 e. The highest BCUT2D eigenvalue weighted by Crippen LogP contribution is 2.40. The lowest BCUT2D eigenvalue weighted by molar-refractivity contribution is -0.138. The first-order valence-electron chi connectivity index (χ1n) is 18.6. The third-order valence-electron chi connectivity index (χ3n) is 11.8. The fraction of sp³-hybridized carbons (Fsp3) is 0.432. The average molecular weight is 641 g/mol. The number of piperidine rings is 2. The zero-order chi connectivity index (χ0) is 32.9. The highest BCUT2D eigenvalue weighted by Gasteiger charge is 2.33. The van der Waals surface area contributed by atoms with Crippen molar-refractivity contribution in [3.05, 3.63) is 142 Å². The van der Waals surface area contributed by atoms with Crippen molar-refractivity contribution < 1.29 is 9.90 Å². The van der Waals surface area contributed by atoms with Gasteiger partial charge in [0, 0.05) is 6.42 Å². The molecule has 2 fully saturated rings. The molecule has 1 N–H and O–H groups in total. The molecule has 4 nitrogen and oxygen atoms in total. The number of hydrogen-bond acceptors (Lipinski definition) is 3. The molecule has 2 heterocycles. The maximum Gasteiger partial charge on any atom is 0.303 e. The van der Waals surface area contributed by atoms with E-state index < -0.39 is 5.97 Å². The molecule has 48 heavy (non-hydrogen) atoms. The summed E-state index contributed by atoms with van der Waals surface area (Å²) in [4.78, 5) is 16.3. The van der Waals surface area contributed by atoms with E-state index in [1.807, 2.05) is 0 Å². The van der Waals surface area contributed by atoms with Gasteiger partial charge in [0.1, 0.15) is 0 Å². The van der Waals surface area contributed by atoms with Crippen molar-refractivity contribution in [2.75, 3.05) is 26.2 Å². The van der Waals surface area contributed by atoms with Crippen LogP contribution in [0.25, 0.3) is 0 Å². The molecule has 0 radical (unpaired) electrons. The summed E-state index contributed by atoms with van der Waals surface area (Å²) in [5.41, 5.74) is 12.0. The lowest BCUT2D eigenvalue weighted by Gasteiger charge is -2.38. The topological polar surface area (TPSA) is 43.8 Å². The molecular formula is C44H52N2O2. The maximum absolute atomic E-state index is 11.0. The Morgan fingerprint density at radius 1 is 0.542 bits per heavy atom. The molecule has 250 valence electrons. The van der Waals surface area contributed by atoms with Crippen LogP contribution < -0.4 is 0 Å². The van der Waals surface area contributed by atoms with Gasteiger partial charge in [0.25, 0.3) is 0 Å². The van der Waals surface area contributed by atoms with Crippen LogP contribution in [-0.4, -0.2) is 47.1 Å². The van der Waals surface area contributed by atoms with E-state index in [4.69, 9.17) is 5.11 Å². The van der Waals surface area contributed by atoms with Crippen LogP contribution in [0.1, 0.15) is 102 Å². The molecule has 0 aromatic heterocycles. The smallest absolute Gasteiger partial charge is 0.303 e. The Kier molecular flexibility index (Phi) is 10.4. The number of aliphatic carboxylic acids is 1. The highest BCUT2D eigenvalue weighted by atomic mass is 16.4. The number of fused-ring (bicyclic) bond motifs is 4. The number of rotatable bonds is 5. The molecular weight excluding hydrogens is 588 g/mol. The van der Waals surface area contributed by atoms with Crippen LogP contribution in [0.2, 0.25) is 0 Å². The number of carboxylic acids is 1. The van der Waals surface area contributed by atoms with Crippen molar-refractivity contribution in [1.82, 2.24) is 9.80 Å². The van der Waals surface area contributed by atoms with Crippen LogP contribution in [0.5, 0.6) is 0 Å². The van der Waals surface area contributed by atoms with Gasteiger partial charge in [0.2, 0.25) is 0 Å². The molecule has 8 rings (SSSR count). The fourth-order valence-electron chi connectivity index (χ4n) is 9.06. The van der Waals surface area contributed by atoms with Crippen molar-refractivity contribution in [1.29, 1.82) is 0 Å². The quantitative estimate of drug-likeness (QED) is 0.236. The Labute approximate surface area is 287 Å². The third kappa shape index (κ3) is 7.16. The van der Waals surface area contributed by atoms with Gasteiger partial charge in [-0.25, -0.2) is 0 Å². The lowest BCUT2D eigenvalue weighted by Crippen LogP contribution is -2.38. The number of benzene rings is 4. The molecule has 0 amide bonds. The van der Waals surface area contributed by atoms with Gasteiger partial charge >= 0.3 is 5.97 Å². The fourth-order valence-corrected chi connectivity index (χ4v) is 9.06. The number of carbonyl (C=O) groups is 1. The molecule has 0 spiro atoms. The molecule has 4 aromatic carbocycles. The van der Waals surface area contributed by atoms with Gasteiger partial charge in [0.05, 0.1) is 12.1 Å². The SMILES string of the molecule is CCC1CCN(C2c3ccccc3CCc3ccccc32)CC1.O=C(O)CC1CCN(C2c3ccccc3CCc3ccccc32)CC1. The molecule has 4 aromatic rings. The van der Waals surface area contributed by atoms with Gasteiger partial charge in [-0.3, -0.25) is 14.6 Å². The lowest BCUT2D eigenvalue weighted by atomic mass is 9.88. The Hall–Kier alpha value is -3.73. The molecule has 2 aliphatic heterocycles. The van der Waals surface area contributed by atoms with E-state index in [0.29, 0.717) is 24.4 Å². The van der Waals surface area contributed by atoms with Gasteiger partial charge in [-0.1, -0.05) is 110 Å². The minimum absolute atomic E-state index is 0.306. The summed E-state index contributed by atoms with van der Waals surface area (Å²) < 4.78 is 0. The van der Waals surface area contributed by atoms with Crippen molar-refractivity contribution in [2.45, 2.75) is 83.2 Å². The normalized spacial score (nSPS) is 19.4. The maximum atomic E-state index is 11.0. The molecule has 4 aliphatic rings. The Morgan fingerprint density at radius 2 is 0.854 bits per heavy atom. The second kappa shape index (κ2) is 15.2. The number of likely N-dealkylation sites (tertiary alicyclic amines) is 2. The second-order valence-electron chi connectivity index (χ2n) is 14.6. The van der Waals surface area contributed by atoms with Crippen molar-refractivity contribution in [2.24, 2.45) is 11.8 Å². The molecule has 2 saturated heterocycles. The molecule has 0 bridgehead atoms. The first-order valence-corrected chi connectivity index (χ1v) is 18.6. The van der Waals surface area contributed by atoms with E-state index in [9.17, 15) is 4.79 Å². The van der Waals surface area contributed by atoms with Crippen molar-refractivity contribution in [3.63, 3.8) is 0 Å². The predicted octanol–water partition coefficient (Wildman–Crippen LogP) is 9.06. The van der Waals surface area contributed by atoms with E-state index in [1.54, 1.807) is 22.3 Å². The monoisotopic (exact) mass is 640 g/mol. The van der Waals surface area contributed by atoms with Gasteiger partial charge in [-0.15, -0.1) is 0 Å². The van der Waals surface area contributed by atoms with E-state index in [-0.39, 0.29) is 0 Å². The first kappa shape index (κ1) is 32.8. The van der Waals surface area contributed by atoms with Gasteiger partial charge in [-0.2, -0.15) is 0 Å². The summed E-state index contributed by atoms with van der Waals surface area (Å²) in [5.74, 6) is 0.594. The Balaban J connectivity index is 0.000000152. The number of hydrogen-bond donors (Lipinski definition) is 1. The predicted molar refractivity (Wildman–Crippen MR) is 195 cm³/mol. The Bertz CT molecular complexity index is 1590. The number of aryl methyl sites for hydroxylation is 4. The standard InChI is InChI=1S/C22H25NO2.C22H27N/c24-21(25)15-16-11-13-23(14-12-16)22-19-7-3-1-5-17(19)9-10-18-6-2-4-8-20(18)22;1-2-17-13-15-23(16-14-17)22-20-9-5-3-7-18(20)11-12-19-8-4-6-10-21(19)22/h1-8,16,22H,9-15H2,(H,24,25);3-10,17,22H,2,11-16H2,1H3. The summed E-state index contributed by atoms with van der Waals surface area (Å²) in [5, 5.41) is 9.06. The van der Waals surface area contributed by atoms with E-state index in [2.05, 4.69) is 114 Å². The number of nitrogens with zero attached hydrogens (tertiary/aromatic N) is 2. The minimum atomic E-state index is -0.663. The van der Waals surface area contributed by atoms with Crippen LogP contribution in [-0.2, 0) is 30.5 Å². The average Bonchev–Trinajstić information content (AvgIpc) is 3.40. The molecule has 0 saturated carbocycles. The van der Waals surface area contributed by atoms with Crippen LogP contribution in [0.15, 0.2) is 97.1 Å². The van der Waals surface area contributed by atoms with Gasteiger partial charge in [0.15, 0.2) is 0 Å². The van der Waals surface area contributed by atoms with Crippen LogP contribution >= 0.6 is 0 Å². The molecule has 0 atom stereocenters. The van der Waals surface area contributed by atoms with Crippen LogP contribution in [0, 0.1) is 11.8 Å². The van der Waals surface area contributed by atoms with Gasteiger partial charge in [-0.05, 0) is 134 Å². The van der Waals surface area contributed by atoms with E-state index in [1.165, 1.54) is 67.4 Å². The highest BCUT2D eigenvalue weighted by molar-refractivity contribution is 5.67. The zero-order valence-corrected chi connectivity index (χ0v) is 28.7. The molecule has 4 heteroatoms. The van der Waals surface area contributed by atoms with Crippen molar-refractivity contribution >= 4 is 5.97 Å². The zero-order valence-electron chi connectivity index (χ0n) is 28.7. The summed E-state index contributed by atoms with van der Waals surface area (Å²) >= 11 is 0. The number of carboxylic acid groups (broad SMARTS) is 1. The van der Waals surface area contributed by atoms with Crippen molar-refractivity contribution in [3.8, 4) is 0 Å². The Morgan fingerprint density at radius 3 is 1.17 bits per heavy atom. The van der Waals surface area contributed by atoms with E-state index in [0.717, 1.165) is 44.7 Å². The third-order valence-corrected chi connectivity index (χ3v) is 11.8.